The van der Waals surface area contributed by atoms with E-state index in [0.717, 1.165) is 6.42 Å². The van der Waals surface area contributed by atoms with Gasteiger partial charge >= 0.3 is 6.01 Å². The molecule has 2 aromatic carbocycles. The Kier molecular flexibility index (Phi) is 6.11. The summed E-state index contributed by atoms with van der Waals surface area (Å²) in [5.41, 5.74) is 0.640. The normalized spacial score (nSPS) is 11.0. The van der Waals surface area contributed by atoms with Gasteiger partial charge in [0.2, 0.25) is 5.89 Å². The maximum absolute atomic E-state index is 13.7. The lowest BCUT2D eigenvalue weighted by Crippen LogP contribution is -2.01. The maximum atomic E-state index is 13.7. The first-order valence-corrected chi connectivity index (χ1v) is 10.0. The number of nitrogens with zero attached hydrogens (tertiary/aromatic N) is 3. The zero-order valence-electron chi connectivity index (χ0n) is 16.5. The Labute approximate surface area is 186 Å². The van der Waals surface area contributed by atoms with Crippen LogP contribution in [0.25, 0.3) is 22.7 Å². The molecule has 31 heavy (non-hydrogen) atoms. The molecule has 160 valence electrons. The lowest BCUT2D eigenvalue weighted by atomic mass is 10.2. The molecule has 7 nitrogen and oxygen atoms in total. The zero-order chi connectivity index (χ0) is 22.0. The van der Waals surface area contributed by atoms with Gasteiger partial charge in [-0.25, -0.2) is 9.37 Å². The Morgan fingerprint density at radius 2 is 1.87 bits per heavy atom. The molecule has 0 aliphatic carbocycles. The van der Waals surface area contributed by atoms with E-state index in [1.54, 1.807) is 18.2 Å². The largest absolute Gasteiger partial charge is 0.493 e. The average molecular weight is 464 g/mol. The van der Waals surface area contributed by atoms with Crippen LogP contribution in [0.2, 0.25) is 10.0 Å². The number of ether oxygens (including phenoxy) is 3. The summed E-state index contributed by atoms with van der Waals surface area (Å²) in [7, 11) is 1.49. The fraction of sp³-hybridized carbons (Fsp3) is 0.190. The molecule has 0 N–H and O–H groups in total. The number of hydrogen-bond acceptors (Lipinski definition) is 7. The summed E-state index contributed by atoms with van der Waals surface area (Å²) in [6.45, 7) is 2.34. The molecule has 0 radical (unpaired) electrons. The Bertz CT molecular complexity index is 1250. The van der Waals surface area contributed by atoms with E-state index in [4.69, 9.17) is 41.8 Å². The summed E-state index contributed by atoms with van der Waals surface area (Å²) < 4.78 is 36.2. The molecule has 0 saturated heterocycles. The van der Waals surface area contributed by atoms with E-state index >= 15 is 0 Å². The Balaban J connectivity index is 1.80. The van der Waals surface area contributed by atoms with Crippen LogP contribution in [-0.2, 0) is 0 Å². The van der Waals surface area contributed by atoms with Crippen LogP contribution in [0, 0.1) is 5.82 Å². The summed E-state index contributed by atoms with van der Waals surface area (Å²) in [4.78, 5) is 12.9. The SMILES string of the molecule is CCCOc1nc(Oc2ccc(Cl)cc2OC)nc2oc(-c3cc(F)ccc3Cl)nc12. The van der Waals surface area contributed by atoms with Crippen molar-refractivity contribution in [2.45, 2.75) is 13.3 Å². The topological polar surface area (TPSA) is 79.5 Å². The summed E-state index contributed by atoms with van der Waals surface area (Å²) in [5, 5.41) is 0.763. The van der Waals surface area contributed by atoms with Crippen molar-refractivity contribution >= 4 is 34.4 Å². The lowest BCUT2D eigenvalue weighted by Gasteiger charge is -2.10. The molecule has 0 unspecified atom stereocenters. The van der Waals surface area contributed by atoms with Gasteiger partial charge < -0.3 is 18.6 Å². The van der Waals surface area contributed by atoms with Crippen molar-refractivity contribution in [3.8, 4) is 34.8 Å². The number of rotatable bonds is 7. The molecule has 4 aromatic rings. The molecule has 4 rings (SSSR count). The second-order valence-electron chi connectivity index (χ2n) is 6.35. The average Bonchev–Trinajstić information content (AvgIpc) is 3.19. The standard InChI is InChI=1S/C21H16Cl2FN3O4/c1-3-8-29-19-17-20(31-18(25-17)13-10-12(24)5-6-14(13)23)27-21(26-19)30-15-7-4-11(22)9-16(15)28-2/h4-7,9-10H,3,8H2,1-2H3. The second-order valence-corrected chi connectivity index (χ2v) is 7.20. The van der Waals surface area contributed by atoms with E-state index in [1.807, 2.05) is 6.92 Å². The molecule has 2 heterocycles. The Hall–Kier alpha value is -3.10. The fourth-order valence-electron chi connectivity index (χ4n) is 2.72. The van der Waals surface area contributed by atoms with Crippen LogP contribution in [0.3, 0.4) is 0 Å². The first-order chi connectivity index (χ1) is 15.0. The van der Waals surface area contributed by atoms with Gasteiger partial charge in [-0.3, -0.25) is 0 Å². The number of methoxy groups -OCH3 is 1. The summed E-state index contributed by atoms with van der Waals surface area (Å²) in [6.07, 6.45) is 0.743. The van der Waals surface area contributed by atoms with Crippen molar-refractivity contribution in [3.05, 3.63) is 52.3 Å². The molecule has 0 bridgehead atoms. The van der Waals surface area contributed by atoms with Gasteiger partial charge in [0.05, 0.1) is 24.3 Å². The van der Waals surface area contributed by atoms with Crippen LogP contribution in [0.1, 0.15) is 13.3 Å². The molecule has 0 fully saturated rings. The molecule has 2 aromatic heterocycles. The quantitative estimate of drug-likeness (QED) is 0.317. The molecule has 0 amide bonds. The highest BCUT2D eigenvalue weighted by Gasteiger charge is 2.21. The van der Waals surface area contributed by atoms with Gasteiger partial charge in [0.25, 0.3) is 11.6 Å². The third-order valence-corrected chi connectivity index (χ3v) is 4.70. The summed E-state index contributed by atoms with van der Waals surface area (Å²) in [6, 6.07) is 8.71. The smallest absolute Gasteiger partial charge is 0.328 e. The minimum absolute atomic E-state index is 0.0488. The fourth-order valence-corrected chi connectivity index (χ4v) is 3.09. The highest BCUT2D eigenvalue weighted by molar-refractivity contribution is 6.33. The monoisotopic (exact) mass is 463 g/mol. The molecule has 10 heteroatoms. The molecule has 0 saturated carbocycles. The van der Waals surface area contributed by atoms with E-state index in [2.05, 4.69) is 15.0 Å². The number of hydrogen-bond donors (Lipinski definition) is 0. The highest BCUT2D eigenvalue weighted by Crippen LogP contribution is 2.36. The zero-order valence-corrected chi connectivity index (χ0v) is 18.0. The summed E-state index contributed by atoms with van der Waals surface area (Å²) in [5.74, 6) is 0.514. The van der Waals surface area contributed by atoms with E-state index in [9.17, 15) is 4.39 Å². The predicted molar refractivity (Wildman–Crippen MR) is 114 cm³/mol. The number of benzene rings is 2. The molecule has 0 spiro atoms. The molecular formula is C21H16Cl2FN3O4. The van der Waals surface area contributed by atoms with Crippen LogP contribution in [0.4, 0.5) is 4.39 Å². The van der Waals surface area contributed by atoms with Gasteiger partial charge in [-0.05, 0) is 36.8 Å². The van der Waals surface area contributed by atoms with E-state index in [0.29, 0.717) is 23.1 Å². The molecule has 0 aliphatic rings. The molecule has 0 atom stereocenters. The van der Waals surface area contributed by atoms with Gasteiger partial charge in [-0.2, -0.15) is 9.97 Å². The van der Waals surface area contributed by atoms with Crippen molar-refractivity contribution < 1.29 is 23.0 Å². The summed E-state index contributed by atoms with van der Waals surface area (Å²) >= 11 is 12.2. The van der Waals surface area contributed by atoms with E-state index in [-0.39, 0.29) is 39.6 Å². The van der Waals surface area contributed by atoms with E-state index < -0.39 is 5.82 Å². The molecular weight excluding hydrogens is 448 g/mol. The van der Waals surface area contributed by atoms with Crippen LogP contribution >= 0.6 is 23.2 Å². The Morgan fingerprint density at radius 1 is 1.03 bits per heavy atom. The van der Waals surface area contributed by atoms with Crippen molar-refractivity contribution in [2.24, 2.45) is 0 Å². The van der Waals surface area contributed by atoms with Crippen LogP contribution in [0.5, 0.6) is 23.4 Å². The van der Waals surface area contributed by atoms with Crippen LogP contribution < -0.4 is 14.2 Å². The first kappa shape index (κ1) is 21.1. The van der Waals surface area contributed by atoms with Crippen LogP contribution in [-0.4, -0.2) is 28.7 Å². The predicted octanol–water partition coefficient (Wildman–Crippen LogP) is 6.32. The minimum atomic E-state index is -0.478. The van der Waals surface area contributed by atoms with Gasteiger partial charge in [0, 0.05) is 11.1 Å². The Morgan fingerprint density at radius 3 is 2.65 bits per heavy atom. The van der Waals surface area contributed by atoms with Gasteiger partial charge in [0.1, 0.15) is 5.82 Å². The first-order valence-electron chi connectivity index (χ1n) is 9.26. The maximum Gasteiger partial charge on any atom is 0.328 e. The number of oxazole rings is 1. The number of fused-ring (bicyclic) bond motifs is 1. The number of aromatic nitrogens is 3. The van der Waals surface area contributed by atoms with Crippen molar-refractivity contribution in [3.63, 3.8) is 0 Å². The van der Waals surface area contributed by atoms with Gasteiger partial charge in [0.15, 0.2) is 17.0 Å². The van der Waals surface area contributed by atoms with Crippen molar-refractivity contribution in [2.75, 3.05) is 13.7 Å². The van der Waals surface area contributed by atoms with Crippen molar-refractivity contribution in [1.29, 1.82) is 0 Å². The van der Waals surface area contributed by atoms with Gasteiger partial charge in [-0.15, -0.1) is 0 Å². The number of halogens is 3. The highest BCUT2D eigenvalue weighted by atomic mass is 35.5. The lowest BCUT2D eigenvalue weighted by molar-refractivity contribution is 0.301. The minimum Gasteiger partial charge on any atom is -0.493 e. The van der Waals surface area contributed by atoms with Crippen LogP contribution in [0.15, 0.2) is 40.8 Å². The van der Waals surface area contributed by atoms with Gasteiger partial charge in [-0.1, -0.05) is 30.1 Å². The van der Waals surface area contributed by atoms with Crippen molar-refractivity contribution in [1.82, 2.24) is 15.0 Å². The third kappa shape index (κ3) is 4.50. The second kappa shape index (κ2) is 8.95. The van der Waals surface area contributed by atoms with E-state index in [1.165, 1.54) is 25.3 Å². The third-order valence-electron chi connectivity index (χ3n) is 4.13. The molecule has 0 aliphatic heterocycles.